The molecule has 0 N–H and O–H groups in total. The Hall–Kier alpha value is -2.16. The number of amides is 6. The Bertz CT molecular complexity index is 855. The summed E-state index contributed by atoms with van der Waals surface area (Å²) in [5, 5.41) is 0. The van der Waals surface area contributed by atoms with Gasteiger partial charge in [0.2, 0.25) is 11.8 Å². The second-order valence-corrected chi connectivity index (χ2v) is 12.2. The van der Waals surface area contributed by atoms with E-state index >= 15 is 0 Å². The molecule has 0 bridgehead atoms. The molecule has 0 aromatic rings. The van der Waals surface area contributed by atoms with Crippen LogP contribution in [0, 0.1) is 10.8 Å². The van der Waals surface area contributed by atoms with Crippen LogP contribution in [0.1, 0.15) is 119 Å². The maximum Gasteiger partial charge on any atom is 0.327 e. The highest BCUT2D eigenvalue weighted by Gasteiger charge is 2.40. The number of unbranched alkanes of at least 4 members (excludes halogenated alkanes) is 2. The van der Waals surface area contributed by atoms with Crippen molar-refractivity contribution in [2.24, 2.45) is 10.8 Å². The molecule has 0 aromatic carbocycles. The predicted octanol–water partition coefficient (Wildman–Crippen LogP) is 6.30. The normalized spacial score (nSPS) is 16.7. The first-order valence-electron chi connectivity index (χ1n) is 16.4. The molecule has 2 aliphatic rings. The summed E-state index contributed by atoms with van der Waals surface area (Å²) >= 11 is 0. The Morgan fingerprint density at radius 3 is 1.49 bits per heavy atom. The van der Waals surface area contributed by atoms with E-state index in [1.165, 1.54) is 9.80 Å². The van der Waals surface area contributed by atoms with Crippen molar-refractivity contribution in [3.8, 4) is 0 Å². The molecule has 0 aliphatic carbocycles. The van der Waals surface area contributed by atoms with Gasteiger partial charge in [0.05, 0.1) is 0 Å². The number of hydrogen-bond donors (Lipinski definition) is 0. The molecule has 2 aliphatic heterocycles. The van der Waals surface area contributed by atoms with Crippen LogP contribution in [0.25, 0.3) is 0 Å². The van der Waals surface area contributed by atoms with Gasteiger partial charge in [-0.2, -0.15) is 0 Å². The number of carbonyl (C=O) groups is 4. The lowest BCUT2D eigenvalue weighted by atomic mass is 9.74. The minimum Gasteiger partial charge on any atom is -0.381 e. The van der Waals surface area contributed by atoms with Crippen LogP contribution in [0.2, 0.25) is 0 Å². The number of ether oxygens (including phenoxy) is 1. The average molecular weight is 579 g/mol. The van der Waals surface area contributed by atoms with E-state index in [9.17, 15) is 19.2 Å². The number of likely N-dealkylation sites (N-methyl/N-ethyl adjacent to an activating group) is 2. The molecule has 9 nitrogen and oxygen atoms in total. The van der Waals surface area contributed by atoms with E-state index in [2.05, 4.69) is 27.7 Å². The average Bonchev–Trinajstić information content (AvgIpc) is 3.42. The van der Waals surface area contributed by atoms with Crippen LogP contribution in [0.4, 0.5) is 9.59 Å². The summed E-state index contributed by atoms with van der Waals surface area (Å²) in [7, 11) is 0. The highest BCUT2D eigenvalue weighted by atomic mass is 16.5. The molecule has 0 radical (unpaired) electrons. The highest BCUT2D eigenvalue weighted by Crippen LogP contribution is 2.38. The van der Waals surface area contributed by atoms with Crippen LogP contribution in [0.15, 0.2) is 0 Å². The number of rotatable bonds is 22. The van der Waals surface area contributed by atoms with Crippen LogP contribution >= 0.6 is 0 Å². The number of urea groups is 2. The van der Waals surface area contributed by atoms with Gasteiger partial charge in [0.15, 0.2) is 0 Å². The number of imide groups is 2. The Labute approximate surface area is 249 Å². The Morgan fingerprint density at radius 1 is 0.585 bits per heavy atom. The van der Waals surface area contributed by atoms with Gasteiger partial charge in [-0.25, -0.2) is 9.59 Å². The zero-order valence-corrected chi connectivity index (χ0v) is 27.0. The molecular weight excluding hydrogens is 520 g/mol. The molecule has 41 heavy (non-hydrogen) atoms. The topological polar surface area (TPSA) is 90.5 Å². The standard InChI is InChI=1S/C32H58N4O5/c1-7-31(8-2,20-17-21-35-27(37)24-33(11-5)29(35)39)18-13-15-22-41-23-16-14-19-32(9-3,10-4)26-36-28(38)25-34(12-6)30(36)40/h7-26H2,1-6H3. The van der Waals surface area contributed by atoms with E-state index in [1.54, 1.807) is 9.80 Å². The predicted molar refractivity (Wildman–Crippen MR) is 162 cm³/mol. The van der Waals surface area contributed by atoms with E-state index in [1.807, 2.05) is 13.8 Å². The maximum atomic E-state index is 12.6. The Balaban J connectivity index is 1.65. The van der Waals surface area contributed by atoms with Crippen molar-refractivity contribution in [1.82, 2.24) is 19.6 Å². The summed E-state index contributed by atoms with van der Waals surface area (Å²) in [5.41, 5.74) is 0.232. The van der Waals surface area contributed by atoms with Gasteiger partial charge in [0.25, 0.3) is 0 Å². The van der Waals surface area contributed by atoms with Gasteiger partial charge >= 0.3 is 12.1 Å². The monoisotopic (exact) mass is 578 g/mol. The smallest absolute Gasteiger partial charge is 0.327 e. The summed E-state index contributed by atoms with van der Waals surface area (Å²) in [6, 6.07) is -0.272. The first kappa shape index (κ1) is 35.0. The van der Waals surface area contributed by atoms with Crippen LogP contribution in [-0.2, 0) is 14.3 Å². The van der Waals surface area contributed by atoms with Gasteiger partial charge in [0.1, 0.15) is 13.1 Å². The van der Waals surface area contributed by atoms with Crippen molar-refractivity contribution in [2.45, 2.75) is 119 Å². The minimum absolute atomic E-state index is 0.0244. The molecule has 0 unspecified atom stereocenters. The molecular formula is C32H58N4O5. The van der Waals surface area contributed by atoms with E-state index in [4.69, 9.17) is 4.74 Å². The molecule has 2 rings (SSSR count). The van der Waals surface area contributed by atoms with Crippen molar-refractivity contribution in [2.75, 3.05) is 52.5 Å². The van der Waals surface area contributed by atoms with Gasteiger partial charge in [-0.05, 0) is 76.0 Å². The molecule has 2 heterocycles. The molecule has 2 saturated heterocycles. The Morgan fingerprint density at radius 2 is 1.02 bits per heavy atom. The highest BCUT2D eigenvalue weighted by molar-refractivity contribution is 6.02. The number of carbonyl (C=O) groups excluding carboxylic acids is 4. The fourth-order valence-electron chi connectivity index (χ4n) is 6.50. The molecule has 9 heteroatoms. The molecule has 0 spiro atoms. The second-order valence-electron chi connectivity index (χ2n) is 12.2. The third-order valence-electron chi connectivity index (χ3n) is 10.1. The summed E-state index contributed by atoms with van der Waals surface area (Å²) < 4.78 is 5.98. The Kier molecular flexibility index (Phi) is 14.6. The molecule has 6 amide bonds. The van der Waals surface area contributed by atoms with E-state index in [0.717, 1.165) is 90.3 Å². The summed E-state index contributed by atoms with van der Waals surface area (Å²) in [4.78, 5) is 55.7. The maximum absolute atomic E-state index is 12.6. The quantitative estimate of drug-likeness (QED) is 0.111. The lowest BCUT2D eigenvalue weighted by Crippen LogP contribution is -2.41. The van der Waals surface area contributed by atoms with Crippen molar-refractivity contribution in [3.63, 3.8) is 0 Å². The first-order valence-corrected chi connectivity index (χ1v) is 16.4. The van der Waals surface area contributed by atoms with Crippen LogP contribution < -0.4 is 0 Å². The summed E-state index contributed by atoms with van der Waals surface area (Å²) in [6.45, 7) is 16.8. The fourth-order valence-corrected chi connectivity index (χ4v) is 6.50. The third-order valence-corrected chi connectivity index (χ3v) is 10.1. The van der Waals surface area contributed by atoms with Gasteiger partial charge in [-0.1, -0.05) is 53.4 Å². The lowest BCUT2D eigenvalue weighted by molar-refractivity contribution is -0.127. The largest absolute Gasteiger partial charge is 0.381 e. The zero-order chi connectivity index (χ0) is 30.5. The number of hydrogen-bond acceptors (Lipinski definition) is 5. The zero-order valence-electron chi connectivity index (χ0n) is 27.0. The third kappa shape index (κ3) is 9.42. The molecule has 236 valence electrons. The van der Waals surface area contributed by atoms with Gasteiger partial charge in [-0.15, -0.1) is 0 Å². The molecule has 2 fully saturated rings. The van der Waals surface area contributed by atoms with E-state index in [-0.39, 0.29) is 47.8 Å². The molecule has 0 saturated carbocycles. The van der Waals surface area contributed by atoms with E-state index < -0.39 is 0 Å². The van der Waals surface area contributed by atoms with Crippen molar-refractivity contribution in [1.29, 1.82) is 0 Å². The van der Waals surface area contributed by atoms with Crippen molar-refractivity contribution in [3.05, 3.63) is 0 Å². The van der Waals surface area contributed by atoms with Crippen molar-refractivity contribution < 1.29 is 23.9 Å². The summed E-state index contributed by atoms with van der Waals surface area (Å²) in [5.74, 6) is -0.135. The first-order chi connectivity index (χ1) is 19.6. The van der Waals surface area contributed by atoms with Crippen molar-refractivity contribution >= 4 is 23.9 Å². The molecule has 0 aromatic heterocycles. The number of nitrogens with zero attached hydrogens (tertiary/aromatic N) is 4. The summed E-state index contributed by atoms with van der Waals surface area (Å²) in [6.07, 6.45) is 12.3. The fraction of sp³-hybridized carbons (Fsp3) is 0.875. The minimum atomic E-state index is -0.137. The second kappa shape index (κ2) is 17.1. The lowest BCUT2D eigenvalue weighted by Gasteiger charge is -2.35. The van der Waals surface area contributed by atoms with Crippen LogP contribution in [0.5, 0.6) is 0 Å². The SMILES string of the molecule is CCN1CC(=O)N(CCCC(CC)(CC)CCCCOCCCCC(CC)(CC)CN2C(=O)CN(CC)C2=O)C1=O. The molecule has 0 atom stereocenters. The van der Waals surface area contributed by atoms with E-state index in [0.29, 0.717) is 26.2 Å². The van der Waals surface area contributed by atoms with Gasteiger partial charge in [-0.3, -0.25) is 19.4 Å². The van der Waals surface area contributed by atoms with Crippen LogP contribution in [0.3, 0.4) is 0 Å². The van der Waals surface area contributed by atoms with Crippen LogP contribution in [-0.4, -0.2) is 96.0 Å². The van der Waals surface area contributed by atoms with Gasteiger partial charge < -0.3 is 14.5 Å². The van der Waals surface area contributed by atoms with Gasteiger partial charge in [0, 0.05) is 39.4 Å².